The van der Waals surface area contributed by atoms with Crippen molar-refractivity contribution in [2.24, 2.45) is 0 Å². The first-order valence-corrected chi connectivity index (χ1v) is 17.1. The maximum absolute atomic E-state index is 2.60. The van der Waals surface area contributed by atoms with Gasteiger partial charge < -0.3 is 0 Å². The third-order valence-corrected chi connectivity index (χ3v) is 10.8. The van der Waals surface area contributed by atoms with Crippen molar-refractivity contribution in [2.75, 3.05) is 0 Å². The molecule has 0 amide bonds. The summed E-state index contributed by atoms with van der Waals surface area (Å²) >= 11 is 5.19. The van der Waals surface area contributed by atoms with Gasteiger partial charge in [-0.15, -0.1) is 0 Å². The van der Waals surface area contributed by atoms with Gasteiger partial charge in [-0.2, -0.15) is 0 Å². The molecule has 0 bridgehead atoms. The number of halogens is 2. The van der Waals surface area contributed by atoms with Crippen LogP contribution in [0.15, 0.2) is 24.3 Å². The molecule has 0 aromatic carbocycles. The van der Waals surface area contributed by atoms with E-state index < -0.39 is 9.33 Å². The average Bonchev–Trinajstić information content (AvgIpc) is 2.12. The molecule has 0 atom stereocenters. The molecule has 1 aliphatic carbocycles. The number of rotatable bonds is 1. The van der Waals surface area contributed by atoms with Gasteiger partial charge in [-0.05, 0) is 0 Å². The topological polar surface area (TPSA) is 0 Å². The molecular formula is C5H5I2Ir. The first-order chi connectivity index (χ1) is 3.80. The molecule has 0 unspecified atom stereocenters. The summed E-state index contributed by atoms with van der Waals surface area (Å²) in [6.07, 6.45) is 8.90. The van der Waals surface area contributed by atoms with Crippen LogP contribution in [0.2, 0.25) is 4.43 Å². The van der Waals surface area contributed by atoms with Crippen LogP contribution in [0.4, 0.5) is 0 Å². The van der Waals surface area contributed by atoms with E-state index in [9.17, 15) is 0 Å². The van der Waals surface area contributed by atoms with Gasteiger partial charge in [0, 0.05) is 0 Å². The van der Waals surface area contributed by atoms with Crippen LogP contribution in [0.5, 0.6) is 0 Å². The van der Waals surface area contributed by atoms with Crippen LogP contribution in [0, 0.1) is 0 Å². The predicted molar refractivity (Wildman–Crippen MR) is 50.1 cm³/mol. The molecule has 0 nitrogen and oxygen atoms in total. The molecule has 0 heterocycles. The maximum atomic E-state index is 2.60. The SMILES string of the molecule is [I][Ir]([I])[CH]1C=CC=C1. The molecule has 0 spiro atoms. The van der Waals surface area contributed by atoms with Gasteiger partial charge in [-0.3, -0.25) is 0 Å². The van der Waals surface area contributed by atoms with Crippen LogP contribution in [-0.2, 0) is 9.33 Å². The van der Waals surface area contributed by atoms with Gasteiger partial charge in [0.1, 0.15) is 0 Å². The summed E-state index contributed by atoms with van der Waals surface area (Å²) in [5, 5.41) is 0. The first-order valence-electron chi connectivity index (χ1n) is 2.11. The van der Waals surface area contributed by atoms with E-state index in [1.807, 2.05) is 0 Å². The zero-order valence-corrected chi connectivity index (χ0v) is 10.7. The summed E-state index contributed by atoms with van der Waals surface area (Å²) in [6, 6.07) is 0. The van der Waals surface area contributed by atoms with Crippen LogP contribution < -0.4 is 0 Å². The van der Waals surface area contributed by atoms with E-state index in [0.717, 1.165) is 4.43 Å². The monoisotopic (exact) mass is 512 g/mol. The van der Waals surface area contributed by atoms with Crippen molar-refractivity contribution in [3.05, 3.63) is 24.3 Å². The molecule has 0 aromatic heterocycles. The molecule has 3 heteroatoms. The fourth-order valence-electron chi connectivity index (χ4n) is 0.492. The van der Waals surface area contributed by atoms with Crippen LogP contribution in [0.25, 0.3) is 0 Å². The van der Waals surface area contributed by atoms with E-state index >= 15 is 0 Å². The Balaban J connectivity index is 2.49. The van der Waals surface area contributed by atoms with Crippen molar-refractivity contribution in [3.8, 4) is 0 Å². The summed E-state index contributed by atoms with van der Waals surface area (Å²) < 4.78 is 0.844. The zero-order valence-electron chi connectivity index (χ0n) is 3.98. The summed E-state index contributed by atoms with van der Waals surface area (Å²) in [4.78, 5) is 0. The average molecular weight is 511 g/mol. The molecule has 0 N–H and O–H groups in total. The Morgan fingerprint density at radius 1 is 1.12 bits per heavy atom. The molecule has 48 valence electrons. The van der Waals surface area contributed by atoms with E-state index in [-0.39, 0.29) is 0 Å². The third-order valence-electron chi connectivity index (χ3n) is 0.852. The van der Waals surface area contributed by atoms with Gasteiger partial charge in [0.25, 0.3) is 0 Å². The Labute approximate surface area is 76.0 Å². The zero-order chi connectivity index (χ0) is 5.98. The Bertz CT molecular complexity index is 116. The van der Waals surface area contributed by atoms with Crippen LogP contribution in [0.1, 0.15) is 0 Å². The van der Waals surface area contributed by atoms with Gasteiger partial charge in [0.2, 0.25) is 0 Å². The second-order valence-electron chi connectivity index (χ2n) is 1.38. The molecule has 8 heavy (non-hydrogen) atoms. The molecule has 1 aliphatic rings. The summed E-state index contributed by atoms with van der Waals surface area (Å²) in [5.41, 5.74) is 0. The molecule has 0 fully saturated rings. The molecule has 0 radical (unpaired) electrons. The Hall–Kier alpha value is 1.59. The van der Waals surface area contributed by atoms with Crippen molar-refractivity contribution < 1.29 is 9.33 Å². The Morgan fingerprint density at radius 3 is 1.88 bits per heavy atom. The molecule has 0 saturated heterocycles. The summed E-state index contributed by atoms with van der Waals surface area (Å²) in [7, 11) is -0.690. The number of hydrogen-bond acceptors (Lipinski definition) is 0. The fraction of sp³-hybridized carbons (Fsp3) is 0.200. The van der Waals surface area contributed by atoms with Crippen molar-refractivity contribution in [2.45, 2.75) is 4.43 Å². The Kier molecular flexibility index (Phi) is 3.54. The summed E-state index contributed by atoms with van der Waals surface area (Å²) in [6.45, 7) is 0. The number of hydrogen-bond donors (Lipinski definition) is 0. The van der Waals surface area contributed by atoms with Gasteiger partial charge in [0.05, 0.1) is 0 Å². The van der Waals surface area contributed by atoms with Gasteiger partial charge in [-0.1, -0.05) is 0 Å². The van der Waals surface area contributed by atoms with E-state index in [1.165, 1.54) is 0 Å². The molecule has 1 rings (SSSR count). The van der Waals surface area contributed by atoms with Crippen molar-refractivity contribution in [3.63, 3.8) is 0 Å². The molecule has 0 saturated carbocycles. The summed E-state index contributed by atoms with van der Waals surface area (Å²) in [5.74, 6) is 0. The fourth-order valence-corrected chi connectivity index (χ4v) is 6.25. The quantitative estimate of drug-likeness (QED) is 0.475. The van der Waals surface area contributed by atoms with Crippen LogP contribution in [-0.4, -0.2) is 0 Å². The minimum atomic E-state index is -0.690. The van der Waals surface area contributed by atoms with Gasteiger partial charge in [-0.25, -0.2) is 0 Å². The van der Waals surface area contributed by atoms with Crippen LogP contribution >= 0.6 is 39.2 Å². The standard InChI is InChI=1S/C5H5.2HI.Ir/c1-2-4-5-3-1;;;/h1-5H;2*1H;/q;;;+2/p-2. The minimum absolute atomic E-state index is 0.690. The van der Waals surface area contributed by atoms with Gasteiger partial charge >= 0.3 is 77.2 Å². The predicted octanol–water partition coefficient (Wildman–Crippen LogP) is 3.22. The second-order valence-corrected chi connectivity index (χ2v) is 28.3. The van der Waals surface area contributed by atoms with Crippen molar-refractivity contribution in [1.82, 2.24) is 0 Å². The third kappa shape index (κ3) is 2.08. The van der Waals surface area contributed by atoms with E-state index in [1.54, 1.807) is 0 Å². The molecule has 0 aliphatic heterocycles. The first kappa shape index (κ1) is 7.69. The Morgan fingerprint density at radius 2 is 1.62 bits per heavy atom. The van der Waals surface area contributed by atoms with Crippen LogP contribution in [0.3, 0.4) is 0 Å². The molecule has 0 aromatic rings. The van der Waals surface area contributed by atoms with Crippen molar-refractivity contribution in [1.29, 1.82) is 0 Å². The normalized spacial score (nSPS) is 20.0. The van der Waals surface area contributed by atoms with E-state index in [2.05, 4.69) is 63.5 Å². The number of allylic oxidation sites excluding steroid dienone is 4. The van der Waals surface area contributed by atoms with Gasteiger partial charge in [0.15, 0.2) is 0 Å². The van der Waals surface area contributed by atoms with E-state index in [0.29, 0.717) is 0 Å². The molecular weight excluding hydrogens is 506 g/mol. The second kappa shape index (κ2) is 3.68. The van der Waals surface area contributed by atoms with E-state index in [4.69, 9.17) is 0 Å². The van der Waals surface area contributed by atoms with Crippen molar-refractivity contribution >= 4 is 39.2 Å².